The second-order valence-electron chi connectivity index (χ2n) is 5.15. The monoisotopic (exact) mass is 264 g/mol. The minimum atomic E-state index is 0.155. The lowest BCUT2D eigenvalue weighted by Gasteiger charge is -2.23. The molecule has 0 aromatic rings. The predicted molar refractivity (Wildman–Crippen MR) is 79.9 cm³/mol. The topological polar surface area (TPSA) is 87.2 Å². The lowest BCUT2D eigenvalue weighted by atomic mass is 10.0. The molecule has 2 heterocycles. The van der Waals surface area contributed by atoms with E-state index in [1.807, 2.05) is 0 Å². The first-order valence-electron chi connectivity index (χ1n) is 7.15. The zero-order chi connectivity index (χ0) is 13.5. The standard InChI is InChI=1S/C13H24N6/c1-15-13(11-7-3-5-9-17-11)19-18-12(14)10-6-2-4-8-16-10/h10-11,16-17H,1-9H2,(H2,14,18)/b19-13-. The Morgan fingerprint density at radius 2 is 1.58 bits per heavy atom. The van der Waals surface area contributed by atoms with Gasteiger partial charge in [-0.3, -0.25) is 0 Å². The summed E-state index contributed by atoms with van der Waals surface area (Å²) in [7, 11) is 0. The van der Waals surface area contributed by atoms with Gasteiger partial charge < -0.3 is 16.4 Å². The summed E-state index contributed by atoms with van der Waals surface area (Å²) in [5.41, 5.74) is 5.98. The van der Waals surface area contributed by atoms with E-state index in [2.05, 4.69) is 32.5 Å². The molecule has 6 heteroatoms. The molecule has 0 aliphatic carbocycles. The third-order valence-corrected chi connectivity index (χ3v) is 3.72. The van der Waals surface area contributed by atoms with Crippen molar-refractivity contribution in [2.45, 2.75) is 50.6 Å². The van der Waals surface area contributed by atoms with Gasteiger partial charge in [0.25, 0.3) is 0 Å². The second-order valence-corrected chi connectivity index (χ2v) is 5.15. The summed E-state index contributed by atoms with van der Waals surface area (Å²) < 4.78 is 0. The van der Waals surface area contributed by atoms with Crippen LogP contribution in [0.4, 0.5) is 0 Å². The van der Waals surface area contributed by atoms with E-state index in [1.165, 1.54) is 25.7 Å². The van der Waals surface area contributed by atoms with E-state index in [-0.39, 0.29) is 12.1 Å². The minimum absolute atomic E-state index is 0.155. The van der Waals surface area contributed by atoms with Crippen molar-refractivity contribution in [3.05, 3.63) is 0 Å². The number of hydrogen-bond acceptors (Lipinski definition) is 4. The normalized spacial score (nSPS) is 30.1. The van der Waals surface area contributed by atoms with E-state index < -0.39 is 0 Å². The number of hydrogen-bond donors (Lipinski definition) is 3. The number of rotatable bonds is 3. The number of piperidine rings is 2. The molecule has 2 rings (SSSR count). The summed E-state index contributed by atoms with van der Waals surface area (Å²) in [6.45, 7) is 5.58. The molecule has 19 heavy (non-hydrogen) atoms. The van der Waals surface area contributed by atoms with Crippen molar-refractivity contribution in [1.29, 1.82) is 0 Å². The summed E-state index contributed by atoms with van der Waals surface area (Å²) in [6, 6.07) is 0.324. The van der Waals surface area contributed by atoms with Crippen molar-refractivity contribution in [3.8, 4) is 0 Å². The maximum atomic E-state index is 5.98. The number of nitrogens with one attached hydrogen (secondary N) is 2. The molecule has 0 spiro atoms. The van der Waals surface area contributed by atoms with E-state index in [0.717, 1.165) is 25.9 Å². The highest BCUT2D eigenvalue weighted by atomic mass is 15.3. The van der Waals surface area contributed by atoms with Crippen LogP contribution in [0.25, 0.3) is 0 Å². The van der Waals surface area contributed by atoms with Gasteiger partial charge in [-0.05, 0) is 45.5 Å². The van der Waals surface area contributed by atoms with Crippen LogP contribution < -0.4 is 16.4 Å². The summed E-state index contributed by atoms with van der Waals surface area (Å²) in [4.78, 5) is 3.98. The van der Waals surface area contributed by atoms with Crippen molar-refractivity contribution < 1.29 is 0 Å². The number of nitrogens with zero attached hydrogens (tertiary/aromatic N) is 3. The van der Waals surface area contributed by atoms with Gasteiger partial charge in [0, 0.05) is 0 Å². The number of aliphatic imine (C=N–C) groups is 1. The number of amidine groups is 2. The molecule has 0 aromatic heterocycles. The largest absolute Gasteiger partial charge is 0.384 e. The Balaban J connectivity index is 1.98. The summed E-state index contributed by atoms with van der Waals surface area (Å²) >= 11 is 0. The van der Waals surface area contributed by atoms with Crippen LogP contribution in [0.15, 0.2) is 15.2 Å². The Kier molecular flexibility index (Phi) is 5.47. The van der Waals surface area contributed by atoms with Gasteiger partial charge in [-0.25, -0.2) is 4.99 Å². The van der Waals surface area contributed by atoms with E-state index in [1.54, 1.807) is 0 Å². The smallest absolute Gasteiger partial charge is 0.167 e. The molecule has 0 radical (unpaired) electrons. The van der Waals surface area contributed by atoms with Crippen molar-refractivity contribution in [1.82, 2.24) is 10.6 Å². The van der Waals surface area contributed by atoms with Crippen molar-refractivity contribution in [2.24, 2.45) is 20.9 Å². The van der Waals surface area contributed by atoms with Crippen molar-refractivity contribution in [2.75, 3.05) is 13.1 Å². The van der Waals surface area contributed by atoms with Gasteiger partial charge in [0.2, 0.25) is 0 Å². The zero-order valence-corrected chi connectivity index (χ0v) is 11.4. The quantitative estimate of drug-likeness (QED) is 0.397. The Hall–Kier alpha value is -1.27. The van der Waals surface area contributed by atoms with Gasteiger partial charge in [0.15, 0.2) is 5.84 Å². The molecular formula is C13H24N6. The van der Waals surface area contributed by atoms with Crippen LogP contribution in [-0.4, -0.2) is 43.6 Å². The lowest BCUT2D eigenvalue weighted by Crippen LogP contribution is -2.44. The molecule has 2 aliphatic rings. The molecule has 0 aromatic carbocycles. The fourth-order valence-electron chi connectivity index (χ4n) is 2.57. The fourth-order valence-corrected chi connectivity index (χ4v) is 2.57. The molecule has 2 atom stereocenters. The molecule has 0 saturated carbocycles. The van der Waals surface area contributed by atoms with Crippen LogP contribution in [0.1, 0.15) is 38.5 Å². The van der Waals surface area contributed by atoms with Gasteiger partial charge in [-0.1, -0.05) is 12.8 Å². The molecular weight excluding hydrogens is 240 g/mol. The van der Waals surface area contributed by atoms with Gasteiger partial charge in [0.1, 0.15) is 5.84 Å². The molecule has 2 aliphatic heterocycles. The van der Waals surface area contributed by atoms with Crippen LogP contribution in [0.3, 0.4) is 0 Å². The summed E-state index contributed by atoms with van der Waals surface area (Å²) in [5.74, 6) is 1.20. The van der Waals surface area contributed by atoms with Crippen LogP contribution in [-0.2, 0) is 0 Å². The second kappa shape index (κ2) is 7.35. The third-order valence-electron chi connectivity index (χ3n) is 3.72. The van der Waals surface area contributed by atoms with Gasteiger partial charge in [0.05, 0.1) is 12.1 Å². The van der Waals surface area contributed by atoms with E-state index in [0.29, 0.717) is 11.7 Å². The van der Waals surface area contributed by atoms with Gasteiger partial charge in [-0.2, -0.15) is 0 Å². The van der Waals surface area contributed by atoms with Gasteiger partial charge >= 0.3 is 0 Å². The first-order valence-corrected chi connectivity index (χ1v) is 7.15. The molecule has 6 nitrogen and oxygen atoms in total. The van der Waals surface area contributed by atoms with Crippen LogP contribution in [0, 0.1) is 0 Å². The highest BCUT2D eigenvalue weighted by molar-refractivity contribution is 5.92. The summed E-state index contributed by atoms with van der Waals surface area (Å²) in [5, 5.41) is 15.1. The maximum Gasteiger partial charge on any atom is 0.167 e. The molecule has 4 N–H and O–H groups in total. The highest BCUT2D eigenvalue weighted by Gasteiger charge is 2.19. The fraction of sp³-hybridized carbons (Fsp3) is 0.769. The van der Waals surface area contributed by atoms with E-state index in [9.17, 15) is 0 Å². The third kappa shape index (κ3) is 4.11. The molecule has 2 saturated heterocycles. The van der Waals surface area contributed by atoms with Crippen LogP contribution in [0.2, 0.25) is 0 Å². The Morgan fingerprint density at radius 1 is 0.947 bits per heavy atom. The minimum Gasteiger partial charge on any atom is -0.384 e. The first-order chi connectivity index (χ1) is 9.31. The SMILES string of the molecule is C=N/C(=N\N=C(/N)C1CCCCN1)C1CCCCN1. The maximum absolute atomic E-state index is 5.98. The molecule has 0 amide bonds. The average Bonchev–Trinajstić information content (AvgIpc) is 2.49. The molecule has 2 fully saturated rings. The molecule has 2 unspecified atom stereocenters. The van der Waals surface area contributed by atoms with E-state index in [4.69, 9.17) is 5.73 Å². The number of nitrogens with two attached hydrogens (primary N) is 1. The van der Waals surface area contributed by atoms with Crippen LogP contribution in [0.5, 0.6) is 0 Å². The lowest BCUT2D eigenvalue weighted by molar-refractivity contribution is 0.466. The Morgan fingerprint density at radius 3 is 2.11 bits per heavy atom. The van der Waals surface area contributed by atoms with Crippen molar-refractivity contribution in [3.63, 3.8) is 0 Å². The Bertz CT molecular complexity index is 350. The highest BCUT2D eigenvalue weighted by Crippen LogP contribution is 2.10. The van der Waals surface area contributed by atoms with Gasteiger partial charge in [-0.15, -0.1) is 10.2 Å². The van der Waals surface area contributed by atoms with Crippen molar-refractivity contribution >= 4 is 18.4 Å². The first kappa shape index (κ1) is 14.1. The zero-order valence-electron chi connectivity index (χ0n) is 11.4. The summed E-state index contributed by atoms with van der Waals surface area (Å²) in [6.07, 6.45) is 6.86. The Labute approximate surface area is 114 Å². The average molecular weight is 264 g/mol. The van der Waals surface area contributed by atoms with E-state index >= 15 is 0 Å². The predicted octanol–water partition coefficient (Wildman–Crippen LogP) is 0.642. The van der Waals surface area contributed by atoms with Crippen LogP contribution >= 0.6 is 0 Å². The molecule has 0 bridgehead atoms. The molecule has 106 valence electrons.